The Kier molecular flexibility index (Phi) is 6.86. The van der Waals surface area contributed by atoms with E-state index in [-0.39, 0.29) is 23.5 Å². The number of nitrogens with one attached hydrogen (secondary N) is 2. The molecule has 1 heterocycles. The molecule has 0 saturated carbocycles. The molecule has 0 aromatic heterocycles. The van der Waals surface area contributed by atoms with Crippen molar-refractivity contribution in [1.29, 1.82) is 0 Å². The van der Waals surface area contributed by atoms with Gasteiger partial charge in [0.05, 0.1) is 32.7 Å². The van der Waals surface area contributed by atoms with Crippen LogP contribution in [0.5, 0.6) is 17.2 Å². The molecule has 1 aliphatic rings. The van der Waals surface area contributed by atoms with Crippen molar-refractivity contribution in [2.75, 3.05) is 31.5 Å². The molecule has 3 aromatic carbocycles. The molecule has 0 spiro atoms. The Bertz CT molecular complexity index is 1270. The summed E-state index contributed by atoms with van der Waals surface area (Å²) in [6.07, 6.45) is 0. The highest BCUT2D eigenvalue weighted by molar-refractivity contribution is 9.10. The number of methoxy groups -OCH3 is 3. The zero-order valence-electron chi connectivity index (χ0n) is 19.3. The van der Waals surface area contributed by atoms with E-state index in [2.05, 4.69) is 26.6 Å². The van der Waals surface area contributed by atoms with Crippen LogP contribution in [0.3, 0.4) is 0 Å². The standard InChI is InChI=1S/C25H24BrN3O6/c1-33-17-7-4-15(5-8-17)14-27-23(30)25(32)19-12-16(26)6-10-20(19)28-24(31)29(25)21-11-9-18(34-2)13-22(21)35-3/h4-13,32H,14H2,1-3H3,(H,27,30)(H,28,31)/t25-/m1/s1. The molecule has 0 aliphatic carbocycles. The quantitative estimate of drug-likeness (QED) is 0.417. The van der Waals surface area contributed by atoms with Crippen molar-refractivity contribution in [1.82, 2.24) is 5.32 Å². The van der Waals surface area contributed by atoms with E-state index in [1.54, 1.807) is 67.8 Å². The summed E-state index contributed by atoms with van der Waals surface area (Å²) in [5, 5.41) is 17.5. The van der Waals surface area contributed by atoms with Crippen LogP contribution in [-0.2, 0) is 17.1 Å². The normalized spacial score (nSPS) is 16.7. The van der Waals surface area contributed by atoms with Crippen LogP contribution in [0.1, 0.15) is 11.1 Å². The fourth-order valence-electron chi connectivity index (χ4n) is 3.88. The van der Waals surface area contributed by atoms with Gasteiger partial charge >= 0.3 is 6.03 Å². The van der Waals surface area contributed by atoms with Crippen molar-refractivity contribution < 1.29 is 28.9 Å². The number of nitrogens with zero attached hydrogens (tertiary/aromatic N) is 1. The highest BCUT2D eigenvalue weighted by atomic mass is 79.9. The van der Waals surface area contributed by atoms with Gasteiger partial charge in [0.15, 0.2) is 0 Å². The first-order chi connectivity index (χ1) is 16.8. The number of aliphatic hydroxyl groups is 1. The van der Waals surface area contributed by atoms with Crippen molar-refractivity contribution in [3.63, 3.8) is 0 Å². The third kappa shape index (κ3) is 4.50. The van der Waals surface area contributed by atoms with Gasteiger partial charge in [-0.05, 0) is 48.0 Å². The molecule has 1 aliphatic heterocycles. The minimum absolute atomic E-state index is 0.115. The molecule has 4 rings (SSSR count). The van der Waals surface area contributed by atoms with Crippen LogP contribution in [-0.4, -0.2) is 38.4 Å². The van der Waals surface area contributed by atoms with Crippen LogP contribution >= 0.6 is 15.9 Å². The second-order valence-corrected chi connectivity index (χ2v) is 8.61. The van der Waals surface area contributed by atoms with Crippen LogP contribution in [0.25, 0.3) is 0 Å². The number of hydrogen-bond donors (Lipinski definition) is 3. The van der Waals surface area contributed by atoms with Gasteiger partial charge in [0.2, 0.25) is 0 Å². The third-order valence-corrected chi connectivity index (χ3v) is 6.18. The van der Waals surface area contributed by atoms with E-state index < -0.39 is 17.7 Å². The maximum Gasteiger partial charge on any atom is 0.329 e. The molecule has 0 unspecified atom stereocenters. The minimum Gasteiger partial charge on any atom is -0.497 e. The third-order valence-electron chi connectivity index (χ3n) is 5.68. The van der Waals surface area contributed by atoms with Gasteiger partial charge in [0.25, 0.3) is 11.6 Å². The van der Waals surface area contributed by atoms with Gasteiger partial charge in [0.1, 0.15) is 17.2 Å². The molecular formula is C25H24BrN3O6. The largest absolute Gasteiger partial charge is 0.497 e. The SMILES string of the molecule is COc1ccc(CNC(=O)[C@]2(O)c3cc(Br)ccc3NC(=O)N2c2ccc(OC)cc2OC)cc1. The number of benzene rings is 3. The lowest BCUT2D eigenvalue weighted by Crippen LogP contribution is -2.62. The van der Waals surface area contributed by atoms with E-state index in [1.807, 2.05) is 0 Å². The molecule has 1 atom stereocenters. The Labute approximate surface area is 210 Å². The van der Waals surface area contributed by atoms with Crippen LogP contribution in [0.2, 0.25) is 0 Å². The van der Waals surface area contributed by atoms with E-state index in [0.29, 0.717) is 21.7 Å². The van der Waals surface area contributed by atoms with Crippen LogP contribution in [0.15, 0.2) is 65.1 Å². The van der Waals surface area contributed by atoms with Crippen LogP contribution < -0.4 is 29.7 Å². The second-order valence-electron chi connectivity index (χ2n) is 7.70. The topological polar surface area (TPSA) is 109 Å². The van der Waals surface area contributed by atoms with E-state index in [0.717, 1.165) is 10.5 Å². The fraction of sp³-hybridized carbons (Fsp3) is 0.200. The monoisotopic (exact) mass is 541 g/mol. The summed E-state index contributed by atoms with van der Waals surface area (Å²) in [5.74, 6) is 0.609. The Morgan fingerprint density at radius 3 is 2.34 bits per heavy atom. The number of carbonyl (C=O) groups excluding carboxylic acids is 2. The van der Waals surface area contributed by atoms with Crippen molar-refractivity contribution in [3.8, 4) is 17.2 Å². The molecule has 182 valence electrons. The molecule has 3 N–H and O–H groups in total. The molecular weight excluding hydrogens is 518 g/mol. The number of carbonyl (C=O) groups is 2. The molecule has 10 heteroatoms. The summed E-state index contributed by atoms with van der Waals surface area (Å²) in [5.41, 5.74) is -0.930. The first-order valence-corrected chi connectivity index (χ1v) is 11.4. The zero-order chi connectivity index (χ0) is 25.2. The number of amides is 3. The minimum atomic E-state index is -2.39. The fourth-order valence-corrected chi connectivity index (χ4v) is 4.24. The lowest BCUT2D eigenvalue weighted by atomic mass is 9.94. The van der Waals surface area contributed by atoms with E-state index in [4.69, 9.17) is 14.2 Å². The number of hydrogen-bond acceptors (Lipinski definition) is 6. The van der Waals surface area contributed by atoms with Gasteiger partial charge in [-0.25, -0.2) is 9.69 Å². The van der Waals surface area contributed by atoms with E-state index in [1.165, 1.54) is 14.2 Å². The molecule has 3 aromatic rings. The van der Waals surface area contributed by atoms with Gasteiger partial charge in [-0.15, -0.1) is 0 Å². The number of rotatable bonds is 7. The molecule has 0 bridgehead atoms. The first kappa shape index (κ1) is 24.4. The lowest BCUT2D eigenvalue weighted by Gasteiger charge is -2.43. The molecule has 9 nitrogen and oxygen atoms in total. The van der Waals surface area contributed by atoms with Gasteiger partial charge in [-0.3, -0.25) is 4.79 Å². The lowest BCUT2D eigenvalue weighted by molar-refractivity contribution is -0.140. The summed E-state index contributed by atoms with van der Waals surface area (Å²) in [7, 11) is 4.49. The predicted octanol–water partition coefficient (Wildman–Crippen LogP) is 3.99. The number of fused-ring (bicyclic) bond motifs is 1. The summed E-state index contributed by atoms with van der Waals surface area (Å²) in [4.78, 5) is 27.9. The Morgan fingerprint density at radius 2 is 1.69 bits per heavy atom. The number of anilines is 2. The average Bonchev–Trinajstić information content (AvgIpc) is 2.88. The Balaban J connectivity index is 1.79. The van der Waals surface area contributed by atoms with Crippen LogP contribution in [0.4, 0.5) is 16.2 Å². The van der Waals surface area contributed by atoms with Gasteiger partial charge in [-0.2, -0.15) is 0 Å². The van der Waals surface area contributed by atoms with Gasteiger partial charge in [0, 0.05) is 22.6 Å². The van der Waals surface area contributed by atoms with Crippen LogP contribution in [0, 0.1) is 0 Å². The van der Waals surface area contributed by atoms with E-state index >= 15 is 0 Å². The van der Waals surface area contributed by atoms with Crippen molar-refractivity contribution in [2.24, 2.45) is 0 Å². The van der Waals surface area contributed by atoms with Gasteiger partial charge in [-0.1, -0.05) is 28.1 Å². The smallest absolute Gasteiger partial charge is 0.329 e. The maximum atomic E-state index is 13.7. The predicted molar refractivity (Wildman–Crippen MR) is 134 cm³/mol. The molecule has 35 heavy (non-hydrogen) atoms. The zero-order valence-corrected chi connectivity index (χ0v) is 20.9. The van der Waals surface area contributed by atoms with Crippen molar-refractivity contribution in [3.05, 3.63) is 76.3 Å². The molecule has 3 amide bonds. The number of halogens is 1. The first-order valence-electron chi connectivity index (χ1n) is 10.6. The number of ether oxygens (including phenoxy) is 3. The average molecular weight is 542 g/mol. The highest BCUT2D eigenvalue weighted by Crippen LogP contribution is 2.44. The summed E-state index contributed by atoms with van der Waals surface area (Å²) < 4.78 is 16.5. The van der Waals surface area contributed by atoms with E-state index in [9.17, 15) is 14.7 Å². The highest BCUT2D eigenvalue weighted by Gasteiger charge is 2.52. The maximum absolute atomic E-state index is 13.7. The Morgan fingerprint density at radius 1 is 1.00 bits per heavy atom. The number of urea groups is 1. The van der Waals surface area contributed by atoms with Crippen molar-refractivity contribution in [2.45, 2.75) is 12.3 Å². The second kappa shape index (κ2) is 9.85. The summed E-state index contributed by atoms with van der Waals surface area (Å²) >= 11 is 3.39. The Hall–Kier alpha value is -3.76. The van der Waals surface area contributed by atoms with Crippen molar-refractivity contribution >= 4 is 39.2 Å². The molecule has 0 fully saturated rings. The summed E-state index contributed by atoms with van der Waals surface area (Å²) in [6.45, 7) is 0.115. The molecule has 0 saturated heterocycles. The van der Waals surface area contributed by atoms with Gasteiger partial charge < -0.3 is 30.0 Å². The molecule has 0 radical (unpaired) electrons. The summed E-state index contributed by atoms with van der Waals surface area (Å²) in [6, 6.07) is 16.1.